The normalized spacial score (nSPS) is 4.73. The third-order valence-electron chi connectivity index (χ3n) is 2.50. The molecule has 0 aliphatic rings. The van der Waals surface area contributed by atoms with Gasteiger partial charge in [0.2, 0.25) is 0 Å². The molecule has 0 fully saturated rings. The summed E-state index contributed by atoms with van der Waals surface area (Å²) in [6, 6.07) is 19.3. The summed E-state index contributed by atoms with van der Waals surface area (Å²) in [4.78, 5) is 0. The fourth-order valence-electron chi connectivity index (χ4n) is 1.57. The monoisotopic (exact) mass is 990 g/mol. The van der Waals surface area contributed by atoms with E-state index < -0.39 is 7.14 Å². The molecule has 0 atom stereocenters. The predicted molar refractivity (Wildman–Crippen MR) is 141 cm³/mol. The minimum atomic E-state index is -2.40. The van der Waals surface area contributed by atoms with Crippen LogP contribution in [0.15, 0.2) is 60.7 Å². The second kappa shape index (κ2) is 238. The number of rotatable bonds is 2. The molecule has 298 valence electrons. The molecule has 6 radical (unpaired) electrons. The smallest absolute Gasteiger partial charge is 2.00 e. The van der Waals surface area contributed by atoms with Gasteiger partial charge in [-0.25, -0.2) is 0 Å². The molecule has 51 heavy (non-hydrogen) atoms. The van der Waals surface area contributed by atoms with Gasteiger partial charge in [-0.3, -0.25) is 0 Å². The fourth-order valence-corrected chi connectivity index (χ4v) is 3.35. The summed E-state index contributed by atoms with van der Waals surface area (Å²) in [6.07, 6.45) is 0. The summed E-state index contributed by atoms with van der Waals surface area (Å²) < 4.78 is 12.6. The average Bonchev–Trinajstić information content (AvgIpc) is 3.12. The zero-order valence-corrected chi connectivity index (χ0v) is 39.9. The molecule has 0 amide bonds. The fraction of sp³-hybridized carbons (Fsp3) is 0.520. The average molecular weight is 990 g/mol. The molecule has 0 saturated carbocycles. The zero-order chi connectivity index (χ0) is 34.7. The van der Waals surface area contributed by atoms with Gasteiger partial charge < -0.3 is 98.7 Å². The molecule has 19 nitrogen and oxygen atoms in total. The third-order valence-corrected chi connectivity index (χ3v) is 5.06. The van der Waals surface area contributed by atoms with Gasteiger partial charge in [-0.1, -0.05) is 60.7 Å². The largest absolute Gasteiger partial charge is 4.00 e. The van der Waals surface area contributed by atoms with Gasteiger partial charge >= 0.3 is 111 Å². The quantitative estimate of drug-likeness (QED) is 0.253. The molecule has 2 rings (SSSR count). The van der Waals surface area contributed by atoms with Crippen LogP contribution in [0, 0.1) is 0 Å². The molecule has 2 aromatic rings. The Balaban J connectivity index is -0.00000000919. The summed E-state index contributed by atoms with van der Waals surface area (Å²) in [7, 11) is 6.60. The maximum absolute atomic E-state index is 12.6. The Morgan fingerprint density at radius 3 is 0.490 bits per heavy atom. The van der Waals surface area contributed by atoms with Crippen molar-refractivity contribution in [1.29, 1.82) is 0 Å². The van der Waals surface area contributed by atoms with E-state index >= 15 is 0 Å². The zero-order valence-electron chi connectivity index (χ0n) is 30.7. The van der Waals surface area contributed by atoms with Crippen LogP contribution in [0.4, 0.5) is 0 Å². The van der Waals surface area contributed by atoms with Crippen LogP contribution in [0.3, 0.4) is 0 Å². The van der Waals surface area contributed by atoms with Crippen molar-refractivity contribution in [3.63, 3.8) is 0 Å². The Morgan fingerprint density at radius 2 is 0.392 bits per heavy atom. The van der Waals surface area contributed by atoms with Crippen LogP contribution in [-0.2, 0) is 149 Å². The number of hydrogen-bond donors (Lipinski definition) is 0. The molecular weight excluding hydrogens is 941 g/mol. The predicted octanol–water partition coefficient (Wildman–Crippen LogP) is -10.4. The van der Waals surface area contributed by atoms with Crippen LogP contribution >= 0.6 is 7.14 Å². The molecule has 0 N–H and O–H groups in total. The Bertz CT molecular complexity index is 499. The van der Waals surface area contributed by atoms with E-state index in [1.807, 2.05) is 67.3 Å². The van der Waals surface area contributed by atoms with Gasteiger partial charge in [-0.15, -0.1) is 0 Å². The molecule has 0 aromatic heterocycles. The first-order valence-corrected chi connectivity index (χ1v) is 12.0. The summed E-state index contributed by atoms with van der Waals surface area (Å²) in [5.74, 6) is 0. The second-order valence-electron chi connectivity index (χ2n) is 3.60. The van der Waals surface area contributed by atoms with Gasteiger partial charge in [-0.2, -0.15) is 85.3 Å². The van der Waals surface area contributed by atoms with Crippen LogP contribution < -0.4 is 71.9 Å². The third kappa shape index (κ3) is 145. The van der Waals surface area contributed by atoms with E-state index in [2.05, 4.69) is 0 Å². The van der Waals surface area contributed by atoms with Crippen LogP contribution in [0.5, 0.6) is 0 Å². The molecule has 0 bridgehead atoms. The van der Waals surface area contributed by atoms with Gasteiger partial charge in [0.05, 0.1) is 0 Å². The standard InChI is InChI=1S/C13H13OP.12CH3O.6O.6V/c1-15(14,12-8-4-2-5-9-12)13-10-6-3-7-11-13;12*1-2;;;;;;;;;;;;/h2-11H,1H3;12*1H3;;;;;;;;;;;;/q;12*-1;6*-2;6*+4. The molecule has 0 aliphatic heterocycles. The van der Waals surface area contributed by atoms with Crippen molar-refractivity contribution in [3.8, 4) is 0 Å². The van der Waals surface area contributed by atoms with Crippen molar-refractivity contribution in [1.82, 2.24) is 0 Å². The summed E-state index contributed by atoms with van der Waals surface area (Å²) >= 11 is 0. The Morgan fingerprint density at radius 1 is 0.294 bits per heavy atom. The topological polar surface area (TPSA) is 465 Å². The maximum atomic E-state index is 12.6. The van der Waals surface area contributed by atoms with E-state index in [-0.39, 0.29) is 144 Å². The van der Waals surface area contributed by atoms with E-state index in [9.17, 15) is 4.57 Å². The molecule has 0 saturated heterocycles. The van der Waals surface area contributed by atoms with Gasteiger partial charge in [0.25, 0.3) is 0 Å². The van der Waals surface area contributed by atoms with E-state index in [1.165, 1.54) is 0 Å². The van der Waals surface area contributed by atoms with Crippen LogP contribution in [0.1, 0.15) is 0 Å². The Hall–Kier alpha value is 1.46. The van der Waals surface area contributed by atoms with E-state index in [1.54, 1.807) is 0 Å². The summed E-state index contributed by atoms with van der Waals surface area (Å²) in [6.45, 7) is 1.82. The minimum absolute atomic E-state index is 0. The maximum Gasteiger partial charge on any atom is 4.00 e. The molecule has 0 heterocycles. The molecular formula is C25H49O19PV6. The van der Waals surface area contributed by atoms with Crippen molar-refractivity contribution in [3.05, 3.63) is 60.7 Å². The molecule has 0 spiro atoms. The first-order valence-electron chi connectivity index (χ1n) is 9.80. The van der Waals surface area contributed by atoms with Crippen molar-refractivity contribution >= 4 is 17.8 Å². The van der Waals surface area contributed by atoms with Gasteiger partial charge in [0.1, 0.15) is 7.14 Å². The van der Waals surface area contributed by atoms with Crippen LogP contribution in [-0.4, -0.2) is 92.0 Å². The van der Waals surface area contributed by atoms with Gasteiger partial charge in [0.15, 0.2) is 0 Å². The van der Waals surface area contributed by atoms with E-state index in [0.29, 0.717) is 0 Å². The van der Waals surface area contributed by atoms with E-state index in [0.717, 1.165) is 95.9 Å². The van der Waals surface area contributed by atoms with Gasteiger partial charge in [-0.05, 0) is 6.66 Å². The van der Waals surface area contributed by atoms with Crippen molar-refractivity contribution in [2.45, 2.75) is 0 Å². The Kier molecular flexibility index (Phi) is 747. The number of benzene rings is 2. The minimum Gasteiger partial charge on any atom is -2.00 e. The molecule has 26 heteroatoms. The molecule has 0 aliphatic carbocycles. The van der Waals surface area contributed by atoms with Crippen molar-refractivity contribution in [2.24, 2.45) is 0 Å². The van der Waals surface area contributed by atoms with E-state index in [4.69, 9.17) is 61.3 Å². The van der Waals surface area contributed by atoms with Crippen molar-refractivity contribution in [2.75, 3.05) is 92.0 Å². The summed E-state index contributed by atoms with van der Waals surface area (Å²) in [5, 5.41) is 101. The second-order valence-corrected chi connectivity index (χ2v) is 6.48. The van der Waals surface area contributed by atoms with Crippen molar-refractivity contribution < 1.29 is 210 Å². The first kappa shape index (κ1) is 160. The van der Waals surface area contributed by atoms with Crippen LogP contribution in [0.2, 0.25) is 0 Å². The SMILES string of the molecule is CP(=O)(c1ccccc1)c1ccccc1.C[O-].C[O-].C[O-].C[O-].C[O-].C[O-].C[O-].C[O-].C[O-].C[O-].C[O-].C[O-].[O-2].[O-2].[O-2].[O-2].[O-2].[O-2].[V+4].[V+4].[V+4].[V+4].[V+4].[V+4]. The van der Waals surface area contributed by atoms with Crippen LogP contribution in [0.25, 0.3) is 0 Å². The number of hydrogen-bond acceptors (Lipinski definition) is 13. The van der Waals surface area contributed by atoms with Gasteiger partial charge in [0, 0.05) is 10.6 Å². The summed E-state index contributed by atoms with van der Waals surface area (Å²) in [5.41, 5.74) is 0. The first-order chi connectivity index (χ1) is 19.2. The molecule has 0 unspecified atom stereocenters. The molecule has 2 aromatic carbocycles. The Labute approximate surface area is 377 Å².